The Morgan fingerprint density at radius 2 is 1.58 bits per heavy atom. The van der Waals surface area contributed by atoms with Crippen molar-refractivity contribution in [3.8, 4) is 5.75 Å². The average molecular weight is 709 g/mol. The van der Waals surface area contributed by atoms with Crippen LogP contribution in [0.3, 0.4) is 0 Å². The highest BCUT2D eigenvalue weighted by Crippen LogP contribution is 2.33. The number of hydrogen-bond donors (Lipinski definition) is 1. The minimum Gasteiger partial charge on any atom is -0.495 e. The maximum atomic E-state index is 14.7. The fourth-order valence-corrected chi connectivity index (χ4v) is 7.83. The quantitative estimate of drug-likeness (QED) is 0.159. The fourth-order valence-electron chi connectivity index (χ4n) is 5.94. The first kappa shape index (κ1) is 35.3. The number of rotatable bonds is 13. The molecule has 0 saturated heterocycles. The lowest BCUT2D eigenvalue weighted by molar-refractivity contribution is -0.140. The summed E-state index contributed by atoms with van der Waals surface area (Å²) in [5.41, 5.74) is 2.48. The van der Waals surface area contributed by atoms with Crippen molar-refractivity contribution in [2.24, 2.45) is 0 Å². The second-order valence-electron chi connectivity index (χ2n) is 11.9. The lowest BCUT2D eigenvalue weighted by atomic mass is 10.0. The minimum absolute atomic E-state index is 0.00108. The molecule has 4 aromatic rings. The van der Waals surface area contributed by atoms with Crippen molar-refractivity contribution >= 4 is 50.7 Å². The van der Waals surface area contributed by atoms with E-state index < -0.39 is 28.5 Å². The maximum absolute atomic E-state index is 14.7. The number of carbonyl (C=O) groups is 2. The Bertz CT molecular complexity index is 1830. The number of amides is 2. The van der Waals surface area contributed by atoms with E-state index in [2.05, 4.69) is 5.32 Å². The van der Waals surface area contributed by atoms with Gasteiger partial charge >= 0.3 is 0 Å². The molecule has 2 amide bonds. The molecule has 252 valence electrons. The highest BCUT2D eigenvalue weighted by molar-refractivity contribution is 7.92. The summed E-state index contributed by atoms with van der Waals surface area (Å²) < 4.78 is 35.3. The number of carbonyl (C=O) groups excluding carboxylic acids is 2. The molecular weight excluding hydrogens is 669 g/mol. The van der Waals surface area contributed by atoms with Gasteiger partial charge in [-0.25, -0.2) is 8.42 Å². The zero-order valence-electron chi connectivity index (χ0n) is 26.9. The smallest absolute Gasteiger partial charge is 0.264 e. The van der Waals surface area contributed by atoms with Crippen molar-refractivity contribution in [3.63, 3.8) is 0 Å². The number of aryl methyl sites for hydroxylation is 1. The normalized spacial score (nSPS) is 13.9. The van der Waals surface area contributed by atoms with Crippen LogP contribution >= 0.6 is 23.2 Å². The summed E-state index contributed by atoms with van der Waals surface area (Å²) in [5, 5.41) is 3.92. The summed E-state index contributed by atoms with van der Waals surface area (Å²) in [6.45, 7) is 1.19. The highest BCUT2D eigenvalue weighted by Gasteiger charge is 2.36. The predicted molar refractivity (Wildman–Crippen MR) is 190 cm³/mol. The molecule has 1 unspecified atom stereocenters. The van der Waals surface area contributed by atoms with E-state index in [1.54, 1.807) is 54.6 Å². The molecule has 0 radical (unpaired) electrons. The topological polar surface area (TPSA) is 96.0 Å². The van der Waals surface area contributed by atoms with E-state index in [1.165, 1.54) is 24.1 Å². The second-order valence-corrected chi connectivity index (χ2v) is 14.7. The molecule has 0 bridgehead atoms. The second kappa shape index (κ2) is 15.9. The van der Waals surface area contributed by atoms with Crippen molar-refractivity contribution in [2.45, 2.75) is 62.6 Å². The Hall–Kier alpha value is -4.05. The molecule has 5 rings (SSSR count). The summed E-state index contributed by atoms with van der Waals surface area (Å²) >= 11 is 12.8. The number of halogens is 2. The number of benzene rings is 4. The van der Waals surface area contributed by atoms with Gasteiger partial charge in [0, 0.05) is 29.1 Å². The predicted octanol–water partition coefficient (Wildman–Crippen LogP) is 7.20. The van der Waals surface area contributed by atoms with E-state index in [0.717, 1.165) is 41.1 Å². The Labute approximate surface area is 292 Å². The van der Waals surface area contributed by atoms with Gasteiger partial charge in [0.25, 0.3) is 10.0 Å². The summed E-state index contributed by atoms with van der Waals surface area (Å²) in [5.74, 6) is -0.632. The van der Waals surface area contributed by atoms with Gasteiger partial charge in [0.05, 0.1) is 17.7 Å². The van der Waals surface area contributed by atoms with Crippen LogP contribution in [-0.4, -0.2) is 50.9 Å². The van der Waals surface area contributed by atoms with E-state index in [1.807, 2.05) is 37.3 Å². The zero-order valence-corrected chi connectivity index (χ0v) is 29.3. The van der Waals surface area contributed by atoms with Crippen LogP contribution in [0.1, 0.15) is 42.4 Å². The molecule has 1 fully saturated rings. The van der Waals surface area contributed by atoms with E-state index in [-0.39, 0.29) is 41.2 Å². The Kier molecular flexibility index (Phi) is 11.7. The number of hydrogen-bond acceptors (Lipinski definition) is 5. The number of nitrogens with zero attached hydrogens (tertiary/aromatic N) is 2. The molecule has 48 heavy (non-hydrogen) atoms. The van der Waals surface area contributed by atoms with Gasteiger partial charge in [0.15, 0.2) is 0 Å². The molecule has 1 atom stereocenters. The van der Waals surface area contributed by atoms with Gasteiger partial charge in [-0.1, -0.05) is 102 Å². The lowest BCUT2D eigenvalue weighted by Crippen LogP contribution is -2.54. The van der Waals surface area contributed by atoms with Crippen molar-refractivity contribution in [1.29, 1.82) is 0 Å². The van der Waals surface area contributed by atoms with Gasteiger partial charge in [-0.2, -0.15) is 0 Å². The minimum atomic E-state index is -4.28. The maximum Gasteiger partial charge on any atom is 0.264 e. The first-order chi connectivity index (χ1) is 23.1. The molecule has 1 saturated carbocycles. The molecule has 4 aromatic carbocycles. The average Bonchev–Trinajstić information content (AvgIpc) is 3.59. The SMILES string of the molecule is COc1ccccc1N(CC(=O)N(Cc1ccc(Cl)cc1Cl)C(Cc1ccccc1)C(=O)NC1CCCC1)S(=O)(=O)c1ccc(C)cc1. The van der Waals surface area contributed by atoms with Gasteiger partial charge < -0.3 is 15.0 Å². The van der Waals surface area contributed by atoms with Gasteiger partial charge in [-0.3, -0.25) is 13.9 Å². The fraction of sp³-hybridized carbons (Fsp3) is 0.297. The first-order valence-electron chi connectivity index (χ1n) is 15.9. The van der Waals surface area contributed by atoms with E-state index >= 15 is 0 Å². The van der Waals surface area contributed by atoms with Crippen molar-refractivity contribution in [1.82, 2.24) is 10.2 Å². The van der Waals surface area contributed by atoms with E-state index in [9.17, 15) is 18.0 Å². The molecule has 1 N–H and O–H groups in total. The molecular formula is C37H39Cl2N3O5S. The number of sulfonamides is 1. The van der Waals surface area contributed by atoms with Gasteiger partial charge in [-0.15, -0.1) is 0 Å². The Morgan fingerprint density at radius 1 is 0.917 bits per heavy atom. The summed E-state index contributed by atoms with van der Waals surface area (Å²) in [7, 11) is -2.84. The monoisotopic (exact) mass is 707 g/mol. The summed E-state index contributed by atoms with van der Waals surface area (Å²) in [6, 6.07) is 26.5. The van der Waals surface area contributed by atoms with E-state index in [0.29, 0.717) is 15.6 Å². The number of anilines is 1. The van der Waals surface area contributed by atoms with E-state index in [4.69, 9.17) is 27.9 Å². The van der Waals surface area contributed by atoms with Crippen LogP contribution in [0.5, 0.6) is 5.75 Å². The molecule has 0 aromatic heterocycles. The third kappa shape index (κ3) is 8.50. The third-order valence-corrected chi connectivity index (χ3v) is 10.9. The molecule has 8 nitrogen and oxygen atoms in total. The van der Waals surface area contributed by atoms with Gasteiger partial charge in [0.1, 0.15) is 18.3 Å². The zero-order chi connectivity index (χ0) is 34.3. The van der Waals surface area contributed by atoms with Crippen molar-refractivity contribution < 1.29 is 22.7 Å². The molecule has 1 aliphatic carbocycles. The Balaban J connectivity index is 1.60. The largest absolute Gasteiger partial charge is 0.495 e. The Morgan fingerprint density at radius 3 is 2.25 bits per heavy atom. The highest BCUT2D eigenvalue weighted by atomic mass is 35.5. The first-order valence-corrected chi connectivity index (χ1v) is 18.1. The van der Waals surface area contributed by atoms with Crippen LogP contribution in [0.2, 0.25) is 10.0 Å². The molecule has 1 aliphatic rings. The number of nitrogens with one attached hydrogen (secondary N) is 1. The molecule has 0 spiro atoms. The third-order valence-electron chi connectivity index (χ3n) is 8.57. The lowest BCUT2D eigenvalue weighted by Gasteiger charge is -2.34. The molecule has 0 heterocycles. The number of para-hydroxylation sites is 2. The van der Waals surface area contributed by atoms with Crippen molar-refractivity contribution in [2.75, 3.05) is 18.0 Å². The van der Waals surface area contributed by atoms with Crippen LogP contribution in [0.15, 0.2) is 102 Å². The number of methoxy groups -OCH3 is 1. The number of ether oxygens (including phenoxy) is 1. The summed E-state index contributed by atoms with van der Waals surface area (Å²) in [4.78, 5) is 30.4. The van der Waals surface area contributed by atoms with Gasteiger partial charge in [0.2, 0.25) is 11.8 Å². The van der Waals surface area contributed by atoms with Crippen LogP contribution < -0.4 is 14.4 Å². The van der Waals surface area contributed by atoms with Gasteiger partial charge in [-0.05, 0) is 67.3 Å². The van der Waals surface area contributed by atoms with Crippen LogP contribution in [0.4, 0.5) is 5.69 Å². The van der Waals surface area contributed by atoms with Crippen LogP contribution in [-0.2, 0) is 32.6 Å². The summed E-state index contributed by atoms with van der Waals surface area (Å²) in [6.07, 6.45) is 3.95. The molecule has 11 heteroatoms. The molecule has 0 aliphatic heterocycles. The van der Waals surface area contributed by atoms with Crippen LogP contribution in [0, 0.1) is 6.92 Å². The standard InChI is InChI=1S/C37H39Cl2N3O5S/c1-26-16-20-31(21-17-26)48(45,46)42(33-14-8-9-15-35(33)47-2)25-36(43)41(24-28-18-19-29(38)23-32(28)39)34(22-27-10-4-3-5-11-27)37(44)40-30-12-6-7-13-30/h3-5,8-11,14-21,23,30,34H,6-7,12-13,22,24-25H2,1-2H3,(H,40,44). The van der Waals surface area contributed by atoms with Crippen LogP contribution in [0.25, 0.3) is 0 Å². The van der Waals surface area contributed by atoms with Crippen molar-refractivity contribution in [3.05, 3.63) is 124 Å².